The third-order valence-electron chi connectivity index (χ3n) is 6.99. The second-order valence-corrected chi connectivity index (χ2v) is 8.43. The van der Waals surface area contributed by atoms with Crippen molar-refractivity contribution in [3.05, 3.63) is 94.5 Å². The van der Waals surface area contributed by atoms with Crippen molar-refractivity contribution in [2.45, 2.75) is 30.8 Å². The minimum absolute atomic E-state index is 0.00793. The van der Waals surface area contributed by atoms with Gasteiger partial charge in [-0.3, -0.25) is 4.90 Å². The summed E-state index contributed by atoms with van der Waals surface area (Å²) in [7, 11) is 0. The molecule has 1 saturated heterocycles. The molecule has 0 saturated carbocycles. The van der Waals surface area contributed by atoms with Gasteiger partial charge in [0.1, 0.15) is 6.61 Å². The van der Waals surface area contributed by atoms with E-state index in [1.54, 1.807) is 17.0 Å². The normalized spacial score (nSPS) is 20.3. The molecular formula is C26H21NO4. The van der Waals surface area contributed by atoms with E-state index in [-0.39, 0.29) is 30.7 Å². The fraction of sp³-hybridized carbons (Fsp3) is 0.231. The number of hydrogen-bond acceptors (Lipinski definition) is 3. The molecule has 0 radical (unpaired) electrons. The van der Waals surface area contributed by atoms with Crippen molar-refractivity contribution in [1.29, 1.82) is 0 Å². The lowest BCUT2D eigenvalue weighted by Gasteiger charge is -2.23. The number of carboxylic acids is 1. The molecule has 1 aliphatic carbocycles. The van der Waals surface area contributed by atoms with Gasteiger partial charge in [-0.25, -0.2) is 9.59 Å². The predicted molar refractivity (Wildman–Crippen MR) is 115 cm³/mol. The Morgan fingerprint density at radius 1 is 0.839 bits per heavy atom. The van der Waals surface area contributed by atoms with Crippen LogP contribution in [0.2, 0.25) is 0 Å². The lowest BCUT2D eigenvalue weighted by Crippen LogP contribution is -2.30. The van der Waals surface area contributed by atoms with Gasteiger partial charge < -0.3 is 9.84 Å². The zero-order chi connectivity index (χ0) is 21.1. The summed E-state index contributed by atoms with van der Waals surface area (Å²) >= 11 is 0. The number of fused-ring (bicyclic) bond motifs is 8. The molecule has 1 amide bonds. The van der Waals surface area contributed by atoms with Gasteiger partial charge in [-0.15, -0.1) is 0 Å². The molecule has 2 aliphatic heterocycles. The predicted octanol–water partition coefficient (Wildman–Crippen LogP) is 5.53. The second-order valence-electron chi connectivity index (χ2n) is 8.43. The molecule has 3 aromatic carbocycles. The summed E-state index contributed by atoms with van der Waals surface area (Å²) in [5.74, 6) is -0.939. The van der Waals surface area contributed by atoms with Crippen molar-refractivity contribution in [1.82, 2.24) is 4.90 Å². The van der Waals surface area contributed by atoms with Crippen LogP contribution in [0.15, 0.2) is 66.7 Å². The quantitative estimate of drug-likeness (QED) is 0.616. The van der Waals surface area contributed by atoms with Crippen LogP contribution in [-0.2, 0) is 4.74 Å². The maximum Gasteiger partial charge on any atom is 0.410 e. The van der Waals surface area contributed by atoms with Crippen LogP contribution < -0.4 is 0 Å². The first-order valence-corrected chi connectivity index (χ1v) is 10.6. The van der Waals surface area contributed by atoms with Gasteiger partial charge in [0.25, 0.3) is 0 Å². The van der Waals surface area contributed by atoms with Gasteiger partial charge in [0.05, 0.1) is 17.6 Å². The molecule has 1 fully saturated rings. The first-order valence-electron chi connectivity index (χ1n) is 10.6. The minimum Gasteiger partial charge on any atom is -0.478 e. The van der Waals surface area contributed by atoms with Crippen LogP contribution in [0.5, 0.6) is 0 Å². The van der Waals surface area contributed by atoms with Crippen molar-refractivity contribution >= 4 is 12.1 Å². The second kappa shape index (κ2) is 6.71. The van der Waals surface area contributed by atoms with E-state index < -0.39 is 5.97 Å². The van der Waals surface area contributed by atoms with Gasteiger partial charge in [0, 0.05) is 5.92 Å². The number of rotatable bonds is 3. The Morgan fingerprint density at radius 3 is 2.13 bits per heavy atom. The molecule has 31 heavy (non-hydrogen) atoms. The first kappa shape index (κ1) is 18.2. The van der Waals surface area contributed by atoms with E-state index in [0.29, 0.717) is 5.56 Å². The lowest BCUT2D eigenvalue weighted by molar-refractivity contribution is 0.0689. The third kappa shape index (κ3) is 2.56. The number of benzene rings is 3. The van der Waals surface area contributed by atoms with E-state index in [1.165, 1.54) is 22.3 Å². The molecule has 5 heteroatoms. The zero-order valence-corrected chi connectivity index (χ0v) is 16.8. The maximum atomic E-state index is 13.2. The molecule has 5 nitrogen and oxygen atoms in total. The summed E-state index contributed by atoms with van der Waals surface area (Å²) in [6.45, 7) is 0.269. The number of amides is 1. The van der Waals surface area contributed by atoms with Gasteiger partial charge in [0.15, 0.2) is 0 Å². The Kier molecular flexibility index (Phi) is 3.93. The molecule has 154 valence electrons. The molecule has 3 aliphatic rings. The number of ether oxygens (including phenoxy) is 1. The largest absolute Gasteiger partial charge is 0.478 e. The van der Waals surface area contributed by atoms with Gasteiger partial charge in [0.2, 0.25) is 0 Å². The van der Waals surface area contributed by atoms with Gasteiger partial charge in [-0.05, 0) is 52.3 Å². The summed E-state index contributed by atoms with van der Waals surface area (Å²) in [5, 5.41) is 9.60. The fourth-order valence-electron chi connectivity index (χ4n) is 5.75. The van der Waals surface area contributed by atoms with Crippen LogP contribution in [-0.4, -0.2) is 28.7 Å². The highest BCUT2D eigenvalue weighted by Gasteiger charge is 2.49. The maximum absolute atomic E-state index is 13.2. The SMILES string of the molecule is O=C(O)c1cccc2c1C1CCC2N1C(=O)OCC1c2ccccc2-c2ccccc21. The standard InChI is InChI=1S/C26H21NO4/c28-25(29)20-11-5-10-19-22-12-13-23(24(19)20)27(22)26(30)31-14-21-17-8-3-1-6-15(17)16-7-2-4-9-18(16)21/h1-11,21-23H,12-14H2,(H,28,29). The van der Waals surface area contributed by atoms with Crippen LogP contribution in [0.1, 0.15) is 63.5 Å². The summed E-state index contributed by atoms with van der Waals surface area (Å²) < 4.78 is 5.88. The third-order valence-corrected chi connectivity index (χ3v) is 6.99. The number of carbonyl (C=O) groups is 2. The van der Waals surface area contributed by atoms with Crippen LogP contribution >= 0.6 is 0 Å². The van der Waals surface area contributed by atoms with E-state index >= 15 is 0 Å². The Morgan fingerprint density at radius 2 is 1.45 bits per heavy atom. The summed E-state index contributed by atoms with van der Waals surface area (Å²) in [5.41, 5.74) is 6.76. The summed E-state index contributed by atoms with van der Waals surface area (Å²) in [6.07, 6.45) is 1.25. The van der Waals surface area contributed by atoms with E-state index in [1.807, 2.05) is 30.3 Å². The average Bonchev–Trinajstić information content (AvgIpc) is 3.46. The molecule has 6 rings (SSSR count). The highest BCUT2D eigenvalue weighted by atomic mass is 16.6. The first-order chi connectivity index (χ1) is 15.1. The van der Waals surface area contributed by atoms with Gasteiger partial charge >= 0.3 is 12.1 Å². The van der Waals surface area contributed by atoms with Crippen molar-refractivity contribution in [2.75, 3.05) is 6.61 Å². The Hall–Kier alpha value is -3.60. The van der Waals surface area contributed by atoms with Crippen LogP contribution in [0.25, 0.3) is 11.1 Å². The molecular weight excluding hydrogens is 390 g/mol. The Balaban J connectivity index is 1.27. The van der Waals surface area contributed by atoms with E-state index in [2.05, 4.69) is 24.3 Å². The topological polar surface area (TPSA) is 66.8 Å². The smallest absolute Gasteiger partial charge is 0.410 e. The molecule has 0 spiro atoms. The number of carboxylic acid groups (broad SMARTS) is 1. The molecule has 2 atom stereocenters. The number of aromatic carboxylic acids is 1. The lowest BCUT2D eigenvalue weighted by atomic mass is 9.88. The van der Waals surface area contributed by atoms with Gasteiger partial charge in [-0.1, -0.05) is 60.7 Å². The molecule has 3 aromatic rings. The zero-order valence-electron chi connectivity index (χ0n) is 16.8. The molecule has 2 unspecified atom stereocenters. The molecule has 0 aromatic heterocycles. The molecule has 1 N–H and O–H groups in total. The monoisotopic (exact) mass is 411 g/mol. The minimum atomic E-state index is -0.947. The van der Waals surface area contributed by atoms with Crippen LogP contribution in [0, 0.1) is 0 Å². The van der Waals surface area contributed by atoms with E-state index in [9.17, 15) is 14.7 Å². The number of carbonyl (C=O) groups excluding carboxylic acids is 1. The van der Waals surface area contributed by atoms with Gasteiger partial charge in [-0.2, -0.15) is 0 Å². The van der Waals surface area contributed by atoms with Crippen molar-refractivity contribution in [3.8, 4) is 11.1 Å². The molecule has 2 bridgehead atoms. The van der Waals surface area contributed by atoms with Crippen molar-refractivity contribution in [3.63, 3.8) is 0 Å². The Bertz CT molecular complexity index is 1190. The summed E-state index contributed by atoms with van der Waals surface area (Å²) in [6, 6.07) is 21.5. The van der Waals surface area contributed by atoms with Crippen molar-refractivity contribution in [2.24, 2.45) is 0 Å². The van der Waals surface area contributed by atoms with E-state index in [0.717, 1.165) is 24.0 Å². The van der Waals surface area contributed by atoms with Crippen LogP contribution in [0.4, 0.5) is 4.79 Å². The summed E-state index contributed by atoms with van der Waals surface area (Å²) in [4.78, 5) is 26.7. The van der Waals surface area contributed by atoms with Crippen LogP contribution in [0.3, 0.4) is 0 Å². The molecule has 2 heterocycles. The fourth-order valence-corrected chi connectivity index (χ4v) is 5.75. The highest BCUT2D eigenvalue weighted by Crippen LogP contribution is 2.54. The van der Waals surface area contributed by atoms with Crippen molar-refractivity contribution < 1.29 is 19.4 Å². The van der Waals surface area contributed by atoms with E-state index in [4.69, 9.17) is 4.74 Å². The number of nitrogens with zero attached hydrogens (tertiary/aromatic N) is 1. The number of hydrogen-bond donors (Lipinski definition) is 1. The highest BCUT2D eigenvalue weighted by molar-refractivity contribution is 5.91. The Labute approximate surface area is 179 Å². The average molecular weight is 411 g/mol.